The molecule has 0 saturated carbocycles. The number of phenols is 1. The number of hydrogen-bond donors (Lipinski definition) is 1. The molecule has 0 heterocycles. The Kier molecular flexibility index (Phi) is 46.2. The summed E-state index contributed by atoms with van der Waals surface area (Å²) >= 11 is 0. The minimum Gasteiger partial charge on any atom is -0.508 e. The third kappa shape index (κ3) is 39.0. The van der Waals surface area contributed by atoms with E-state index in [1.165, 1.54) is 89.7 Å². The minimum atomic E-state index is -0.482. The van der Waals surface area contributed by atoms with Crippen molar-refractivity contribution in [3.63, 3.8) is 0 Å². The van der Waals surface area contributed by atoms with Crippen LogP contribution < -0.4 is 14.5 Å². The largest absolute Gasteiger partial charge is 0.508 e. The van der Waals surface area contributed by atoms with E-state index in [4.69, 9.17) is 9.84 Å². The van der Waals surface area contributed by atoms with E-state index >= 15 is 0 Å². The second-order valence-corrected chi connectivity index (χ2v) is 20.2. The molecule has 0 spiro atoms. The molecule has 0 bridgehead atoms. The number of aryl methyl sites for hydroxylation is 2. The third-order valence-electron chi connectivity index (χ3n) is 13.1. The van der Waals surface area contributed by atoms with Gasteiger partial charge in [0.05, 0.1) is 22.5 Å². The molecule has 0 saturated heterocycles. The van der Waals surface area contributed by atoms with Crippen molar-refractivity contribution in [3.8, 4) is 11.5 Å². The van der Waals surface area contributed by atoms with Crippen molar-refractivity contribution in [3.05, 3.63) is 319 Å². The average Bonchev–Trinajstić information content (AvgIpc) is 0.918. The Labute approximate surface area is 585 Å². The summed E-state index contributed by atoms with van der Waals surface area (Å²) in [7, 11) is 5.61. The minimum absolute atomic E-state index is 0.000556. The fourth-order valence-electron chi connectivity index (χ4n) is 7.81. The molecule has 0 amide bonds. The van der Waals surface area contributed by atoms with E-state index in [1.54, 1.807) is 104 Å². The maximum absolute atomic E-state index is 10.5. The number of allylic oxidation sites excluding steroid dienone is 8. The number of carbonyl (C=O) groups excluding carboxylic acids is 8. The van der Waals surface area contributed by atoms with Crippen LogP contribution in [0.3, 0.4) is 0 Å². The van der Waals surface area contributed by atoms with Gasteiger partial charge in [-0.05, 0) is 193 Å². The molecule has 0 aromatic heterocycles. The van der Waals surface area contributed by atoms with Crippen molar-refractivity contribution in [2.45, 2.75) is 34.1 Å². The summed E-state index contributed by atoms with van der Waals surface area (Å²) in [5, 5.41) is 29.6. The van der Waals surface area contributed by atoms with Crippen LogP contribution in [0.4, 0.5) is 22.7 Å². The lowest BCUT2D eigenvalue weighted by molar-refractivity contribution is -0.385. The van der Waals surface area contributed by atoms with Gasteiger partial charge in [0.25, 0.3) is 11.4 Å². The zero-order valence-electron chi connectivity index (χ0n) is 57.0. The number of carbonyl (C=O) groups is 8. The van der Waals surface area contributed by atoms with Gasteiger partial charge in [-0.15, -0.1) is 0 Å². The third-order valence-corrected chi connectivity index (χ3v) is 13.1. The number of non-ortho nitro benzene ring substituents is 1. The lowest BCUT2D eigenvalue weighted by atomic mass is 10.1. The molecule has 0 fully saturated rings. The number of nitro groups is 2. The van der Waals surface area contributed by atoms with E-state index in [0.29, 0.717) is 24.4 Å². The maximum Gasteiger partial charge on any atom is 0.276 e. The number of rotatable bonds is 24. The van der Waals surface area contributed by atoms with Crippen molar-refractivity contribution >= 4 is 122 Å². The molecule has 0 radical (unpaired) electrons. The molecule has 0 aliphatic rings. The Bertz CT molecular complexity index is 3820. The number of benzene rings is 8. The molecule has 18 heteroatoms. The molecule has 18 nitrogen and oxygen atoms in total. The lowest BCUT2D eigenvalue weighted by Gasteiger charge is -2.20. The Balaban J connectivity index is 0.000000572. The van der Waals surface area contributed by atoms with Crippen molar-refractivity contribution in [2.24, 2.45) is 0 Å². The van der Waals surface area contributed by atoms with E-state index < -0.39 is 9.85 Å². The first-order valence-electron chi connectivity index (χ1n) is 31.1. The molecular weight excluding hydrogens is 1260 g/mol. The van der Waals surface area contributed by atoms with Gasteiger partial charge in [0.2, 0.25) is 0 Å². The van der Waals surface area contributed by atoms with Crippen molar-refractivity contribution < 1.29 is 58.0 Å². The predicted molar refractivity (Wildman–Crippen MR) is 406 cm³/mol. The quantitative estimate of drug-likeness (QED) is 0.0255. The highest BCUT2D eigenvalue weighted by Gasteiger charge is 2.09. The van der Waals surface area contributed by atoms with Gasteiger partial charge in [0, 0.05) is 56.8 Å². The van der Waals surface area contributed by atoms with Gasteiger partial charge in [-0.2, -0.15) is 0 Å². The van der Waals surface area contributed by atoms with Crippen molar-refractivity contribution in [1.82, 2.24) is 0 Å². The summed E-state index contributed by atoms with van der Waals surface area (Å²) in [6.07, 6.45) is 31.9. The molecule has 8 rings (SSSR count). The monoisotopic (exact) mass is 1350 g/mol. The number of ether oxygens (including phenoxy) is 1. The van der Waals surface area contributed by atoms with Crippen LogP contribution in [0.1, 0.15) is 76.4 Å². The van der Waals surface area contributed by atoms with E-state index in [-0.39, 0.29) is 17.1 Å². The first kappa shape index (κ1) is 85.1. The highest BCUT2D eigenvalue weighted by atomic mass is 16.6. The Hall–Kier alpha value is -13.0. The van der Waals surface area contributed by atoms with Crippen LogP contribution in [-0.2, 0) is 44.8 Å². The number of phenolic OH excluding ortho intramolecular Hbond substituents is 1. The van der Waals surface area contributed by atoms with Crippen LogP contribution in [-0.4, -0.2) is 99.5 Å². The topological polar surface area (TPSA) is 259 Å². The van der Waals surface area contributed by atoms with Gasteiger partial charge < -0.3 is 19.6 Å². The summed E-state index contributed by atoms with van der Waals surface area (Å²) < 4.78 is 4.98. The number of para-hydroxylation sites is 1. The fraction of sp³-hybridized carbons (Fsp3) is 0.122. The smallest absolute Gasteiger partial charge is 0.276 e. The number of nitrogens with zero attached hydrogens (tertiary/aromatic N) is 4. The molecule has 0 atom stereocenters. The van der Waals surface area contributed by atoms with Gasteiger partial charge in [-0.3, -0.25) is 58.6 Å². The Morgan fingerprint density at radius 2 is 0.700 bits per heavy atom. The number of hydrogen-bond acceptors (Lipinski definition) is 16. The molecule has 1 N–H and O–H groups in total. The van der Waals surface area contributed by atoms with Crippen LogP contribution >= 0.6 is 0 Å². The van der Waals surface area contributed by atoms with Crippen LogP contribution in [0.5, 0.6) is 11.5 Å². The first-order chi connectivity index (χ1) is 48.4. The predicted octanol–water partition coefficient (Wildman–Crippen LogP) is 16.5. The summed E-state index contributed by atoms with van der Waals surface area (Å²) in [6, 6.07) is 58.6. The maximum atomic E-state index is 10.5. The summed E-state index contributed by atoms with van der Waals surface area (Å²) in [4.78, 5) is 104. The second-order valence-electron chi connectivity index (χ2n) is 20.2. The van der Waals surface area contributed by atoms with E-state index in [0.717, 1.165) is 101 Å². The normalized spacial score (nSPS) is 10.3. The van der Waals surface area contributed by atoms with Gasteiger partial charge >= 0.3 is 0 Å². The molecule has 100 heavy (non-hydrogen) atoms. The highest BCUT2D eigenvalue weighted by molar-refractivity contribution is 5.78. The molecule has 516 valence electrons. The van der Waals surface area contributed by atoms with Gasteiger partial charge in [-0.1, -0.05) is 164 Å². The number of nitro benzene ring substituents is 2. The average molecular weight is 1350 g/mol. The Morgan fingerprint density at radius 1 is 0.390 bits per heavy atom. The molecule has 0 aliphatic carbocycles. The number of aldehydes is 8. The van der Waals surface area contributed by atoms with Crippen LogP contribution in [0.15, 0.2) is 243 Å². The summed E-state index contributed by atoms with van der Waals surface area (Å²) in [5.74, 6) is 1.05. The van der Waals surface area contributed by atoms with Crippen LogP contribution in [0.25, 0.3) is 48.6 Å². The van der Waals surface area contributed by atoms with E-state index in [1.807, 2.05) is 123 Å². The van der Waals surface area contributed by atoms with Crippen LogP contribution in [0.2, 0.25) is 0 Å². The molecule has 8 aromatic rings. The lowest BCUT2D eigenvalue weighted by Crippen LogP contribution is -2.21. The summed E-state index contributed by atoms with van der Waals surface area (Å²) in [6.45, 7) is 10.5. The highest BCUT2D eigenvalue weighted by Crippen LogP contribution is 2.20. The number of methoxy groups -OCH3 is 1. The SMILES string of the molecule is CCN(CC)c1ccc(C=CC=O)cc1.CCc1ccc(C=CC=O)cc1.CN(C)c1ccc(C=CC=O)cc1.COc1ccc(C=CC=O)cc1.Cc1ccc(C=CC=O)cc1.O=CC=Cc1ccc(O)cc1.O=CC=Cc1ccc([N+](=O)[O-])cc1.O=CC=Cc1ccccc1[N+](=O)[O-]. The van der Waals surface area contributed by atoms with Gasteiger partial charge in [0.1, 0.15) is 61.8 Å². The van der Waals surface area contributed by atoms with Crippen molar-refractivity contribution in [2.75, 3.05) is 44.1 Å². The first-order valence-corrected chi connectivity index (χ1v) is 31.1. The van der Waals surface area contributed by atoms with Gasteiger partial charge in [0.15, 0.2) is 0 Å². The van der Waals surface area contributed by atoms with Crippen LogP contribution in [0, 0.1) is 27.2 Å². The molecular formula is C82H84N4O14. The molecule has 0 unspecified atom stereocenters. The molecule has 8 aromatic carbocycles. The van der Waals surface area contributed by atoms with Crippen molar-refractivity contribution in [1.29, 1.82) is 0 Å². The number of anilines is 2. The second kappa shape index (κ2) is 54.3. The zero-order chi connectivity index (χ0) is 74.0. The fourth-order valence-corrected chi connectivity index (χ4v) is 7.81. The molecule has 0 aliphatic heterocycles. The van der Waals surface area contributed by atoms with Gasteiger partial charge in [-0.25, -0.2) is 0 Å². The number of aromatic hydroxyl groups is 1. The standard InChI is InChI=1S/C13H17NO.C11H13NO.C11H12O.C10H10O2.C10H10O.2C9H7NO3.C9H8O2/c1-3-14(4-2)13-9-7-12(8-10-13)6-5-11-15;1-12(2)11-7-5-10(6-8-11)4-3-9-13;1-2-10-5-7-11(8-6-10)4-3-9-12;1-12-10-6-4-9(5-7-10)3-2-8-11;1-9-4-6-10(7-5-9)3-2-8-11;11-7-1-2-8-3-5-9(6-4-8)10(12)13;11-7-3-5-8-4-1-2-6-9(8)10(12)13;10-7-1-2-8-3-5-9(11)6-4-8/h5-11H,3-4H2,1-2H3;3-9H,1-2H3;3-9H,2H2,1H3;2-8H,1H3;2-8H,1H3;2*1-7H;1-7,11H. The summed E-state index contributed by atoms with van der Waals surface area (Å²) in [5.41, 5.74) is 12.3. The van der Waals surface area contributed by atoms with E-state index in [2.05, 4.69) is 49.9 Å². The Morgan fingerprint density at radius 3 is 1.02 bits per heavy atom. The van der Waals surface area contributed by atoms with E-state index in [9.17, 15) is 58.6 Å². The zero-order valence-corrected chi connectivity index (χ0v) is 57.0.